The van der Waals surface area contributed by atoms with Crippen LogP contribution in [0.3, 0.4) is 0 Å². The molecular formula is C27H28N2O4. The predicted octanol–water partition coefficient (Wildman–Crippen LogP) is 5.50. The molecule has 0 saturated carbocycles. The van der Waals surface area contributed by atoms with E-state index in [1.54, 1.807) is 12.3 Å². The Morgan fingerprint density at radius 3 is 2.24 bits per heavy atom. The zero-order chi connectivity index (χ0) is 23.7. The number of carbonyl (C=O) groups excluding carboxylic acids is 2. The molecule has 0 unspecified atom stereocenters. The fraction of sp³-hybridized carbons (Fsp3) is 0.259. The Morgan fingerprint density at radius 1 is 0.879 bits per heavy atom. The van der Waals surface area contributed by atoms with Gasteiger partial charge < -0.3 is 18.3 Å². The first kappa shape index (κ1) is 22.4. The number of aryl methyl sites for hydroxylation is 3. The van der Waals surface area contributed by atoms with Crippen LogP contribution in [-0.2, 0) is 11.3 Å². The SMILES string of the molecule is Cc1ccc(-n2c(C)cc(C(=O)OCC(=O)c3cc(C)n(Cc4ccco4)c3C)c2C)cc1. The van der Waals surface area contributed by atoms with Gasteiger partial charge in [0.2, 0.25) is 5.78 Å². The van der Waals surface area contributed by atoms with Crippen LogP contribution >= 0.6 is 0 Å². The molecule has 0 aliphatic heterocycles. The van der Waals surface area contributed by atoms with E-state index in [1.165, 1.54) is 5.56 Å². The Labute approximate surface area is 193 Å². The lowest BCUT2D eigenvalue weighted by Crippen LogP contribution is -2.15. The van der Waals surface area contributed by atoms with E-state index in [0.29, 0.717) is 17.7 Å². The average molecular weight is 445 g/mol. The molecule has 1 aromatic carbocycles. The third kappa shape index (κ3) is 4.42. The third-order valence-corrected chi connectivity index (χ3v) is 6.05. The summed E-state index contributed by atoms with van der Waals surface area (Å²) in [6, 6.07) is 15.5. The highest BCUT2D eigenvalue weighted by molar-refractivity contribution is 6.00. The second-order valence-electron chi connectivity index (χ2n) is 8.41. The maximum absolute atomic E-state index is 12.9. The van der Waals surface area contributed by atoms with E-state index in [4.69, 9.17) is 9.15 Å². The topological polar surface area (TPSA) is 66.4 Å². The van der Waals surface area contributed by atoms with Crippen LogP contribution in [0, 0.1) is 34.6 Å². The van der Waals surface area contributed by atoms with E-state index in [0.717, 1.165) is 34.2 Å². The largest absolute Gasteiger partial charge is 0.467 e. The second-order valence-corrected chi connectivity index (χ2v) is 8.41. The maximum atomic E-state index is 12.9. The standard InChI is InChI=1S/C27H28N2O4/c1-17-8-10-22(11-9-17)29-19(3)14-25(21(29)5)27(31)33-16-26(30)24-13-18(2)28(20(24)4)15-23-7-6-12-32-23/h6-14H,15-16H2,1-5H3. The van der Waals surface area contributed by atoms with Gasteiger partial charge in [0.15, 0.2) is 6.61 Å². The number of aromatic nitrogens is 2. The van der Waals surface area contributed by atoms with Crippen molar-refractivity contribution in [1.82, 2.24) is 9.13 Å². The highest BCUT2D eigenvalue weighted by atomic mass is 16.5. The smallest absolute Gasteiger partial charge is 0.340 e. The third-order valence-electron chi connectivity index (χ3n) is 6.05. The number of ether oxygens (including phenoxy) is 1. The first-order valence-electron chi connectivity index (χ1n) is 10.9. The van der Waals surface area contributed by atoms with Gasteiger partial charge >= 0.3 is 5.97 Å². The molecule has 0 saturated heterocycles. The Morgan fingerprint density at radius 2 is 1.58 bits per heavy atom. The molecule has 4 aromatic rings. The summed E-state index contributed by atoms with van der Waals surface area (Å²) in [4.78, 5) is 25.7. The zero-order valence-electron chi connectivity index (χ0n) is 19.6. The van der Waals surface area contributed by atoms with Gasteiger partial charge in [-0.25, -0.2) is 4.79 Å². The Hall–Kier alpha value is -3.80. The number of hydrogen-bond donors (Lipinski definition) is 0. The van der Waals surface area contributed by atoms with Crippen molar-refractivity contribution in [3.63, 3.8) is 0 Å². The van der Waals surface area contributed by atoms with E-state index in [2.05, 4.69) is 0 Å². The Bertz CT molecular complexity index is 1310. The minimum Gasteiger partial charge on any atom is -0.467 e. The van der Waals surface area contributed by atoms with Gasteiger partial charge in [0.1, 0.15) is 5.76 Å². The van der Waals surface area contributed by atoms with Gasteiger partial charge in [-0.3, -0.25) is 4.79 Å². The number of esters is 1. The van der Waals surface area contributed by atoms with E-state index >= 15 is 0 Å². The van der Waals surface area contributed by atoms with Gasteiger partial charge in [-0.2, -0.15) is 0 Å². The highest BCUT2D eigenvalue weighted by Crippen LogP contribution is 2.23. The van der Waals surface area contributed by atoms with Gasteiger partial charge in [0.25, 0.3) is 0 Å². The summed E-state index contributed by atoms with van der Waals surface area (Å²) in [6.07, 6.45) is 1.63. The van der Waals surface area contributed by atoms with Crippen LogP contribution in [0.15, 0.2) is 59.2 Å². The van der Waals surface area contributed by atoms with Crippen LogP contribution < -0.4 is 0 Å². The van der Waals surface area contributed by atoms with Crippen LogP contribution in [0.5, 0.6) is 0 Å². The summed E-state index contributed by atoms with van der Waals surface area (Å²) in [5, 5.41) is 0. The molecule has 4 rings (SSSR count). The summed E-state index contributed by atoms with van der Waals surface area (Å²) in [5.74, 6) is 0.0832. The minimum atomic E-state index is -0.501. The molecule has 0 aliphatic rings. The van der Waals surface area contributed by atoms with Crippen LogP contribution in [0.25, 0.3) is 5.69 Å². The van der Waals surface area contributed by atoms with Crippen LogP contribution in [0.1, 0.15) is 54.8 Å². The lowest BCUT2D eigenvalue weighted by molar-refractivity contribution is 0.0474. The number of rotatable bonds is 7. The molecule has 0 N–H and O–H groups in total. The number of benzene rings is 1. The molecule has 0 radical (unpaired) electrons. The van der Waals surface area contributed by atoms with Gasteiger partial charge in [-0.05, 0) is 71.0 Å². The van der Waals surface area contributed by atoms with Crippen molar-refractivity contribution in [1.29, 1.82) is 0 Å². The zero-order valence-corrected chi connectivity index (χ0v) is 19.6. The monoisotopic (exact) mass is 444 g/mol. The van der Waals surface area contributed by atoms with Crippen LogP contribution in [0.4, 0.5) is 0 Å². The molecule has 0 aliphatic carbocycles. The van der Waals surface area contributed by atoms with Gasteiger partial charge in [-0.15, -0.1) is 0 Å². The quantitative estimate of drug-likeness (QED) is 0.279. The van der Waals surface area contributed by atoms with Crippen molar-refractivity contribution in [2.75, 3.05) is 6.61 Å². The molecule has 0 fully saturated rings. The fourth-order valence-electron chi connectivity index (χ4n) is 4.23. The first-order chi connectivity index (χ1) is 15.8. The molecule has 0 atom stereocenters. The molecule has 170 valence electrons. The van der Waals surface area contributed by atoms with Crippen molar-refractivity contribution in [2.24, 2.45) is 0 Å². The van der Waals surface area contributed by atoms with Gasteiger partial charge in [0.05, 0.1) is 18.4 Å². The number of hydrogen-bond acceptors (Lipinski definition) is 4. The lowest BCUT2D eigenvalue weighted by atomic mass is 10.1. The summed E-state index contributed by atoms with van der Waals surface area (Å²) in [5.41, 5.74) is 6.64. The van der Waals surface area contributed by atoms with Crippen molar-refractivity contribution < 1.29 is 18.7 Å². The van der Waals surface area contributed by atoms with E-state index < -0.39 is 5.97 Å². The fourth-order valence-corrected chi connectivity index (χ4v) is 4.23. The number of nitrogens with zero attached hydrogens (tertiary/aromatic N) is 2. The Kier molecular flexibility index (Phi) is 6.09. The van der Waals surface area contributed by atoms with Crippen LogP contribution in [-0.4, -0.2) is 27.5 Å². The van der Waals surface area contributed by atoms with Gasteiger partial charge in [0, 0.05) is 34.0 Å². The highest BCUT2D eigenvalue weighted by Gasteiger charge is 2.21. The van der Waals surface area contributed by atoms with Crippen molar-refractivity contribution in [2.45, 2.75) is 41.2 Å². The number of ketones is 1. The average Bonchev–Trinajstić information content (AvgIpc) is 3.48. The maximum Gasteiger partial charge on any atom is 0.340 e. The molecule has 6 nitrogen and oxygen atoms in total. The minimum absolute atomic E-state index is 0.227. The summed E-state index contributed by atoms with van der Waals surface area (Å²) in [6.45, 7) is 9.93. The molecule has 0 spiro atoms. The number of furan rings is 1. The predicted molar refractivity (Wildman–Crippen MR) is 126 cm³/mol. The summed E-state index contributed by atoms with van der Waals surface area (Å²) >= 11 is 0. The molecule has 3 aromatic heterocycles. The molecule has 6 heteroatoms. The van der Waals surface area contributed by atoms with Crippen molar-refractivity contribution in [3.8, 4) is 5.69 Å². The van der Waals surface area contributed by atoms with Crippen LogP contribution in [0.2, 0.25) is 0 Å². The lowest BCUT2D eigenvalue weighted by Gasteiger charge is -2.10. The number of Topliss-reactive ketones (excluding diaryl/α,β-unsaturated/α-hetero) is 1. The van der Waals surface area contributed by atoms with E-state index in [9.17, 15) is 9.59 Å². The Balaban J connectivity index is 1.48. The molecule has 0 amide bonds. The molecule has 0 bridgehead atoms. The normalized spacial score (nSPS) is 11.1. The van der Waals surface area contributed by atoms with Gasteiger partial charge in [-0.1, -0.05) is 17.7 Å². The number of carbonyl (C=O) groups is 2. The second kappa shape index (κ2) is 8.98. The van der Waals surface area contributed by atoms with E-state index in [1.807, 2.05) is 86.2 Å². The van der Waals surface area contributed by atoms with Crippen molar-refractivity contribution in [3.05, 3.63) is 100 Å². The van der Waals surface area contributed by atoms with Crippen molar-refractivity contribution >= 4 is 11.8 Å². The molecular weight excluding hydrogens is 416 g/mol. The first-order valence-corrected chi connectivity index (χ1v) is 10.9. The summed E-state index contributed by atoms with van der Waals surface area (Å²) in [7, 11) is 0. The summed E-state index contributed by atoms with van der Waals surface area (Å²) < 4.78 is 14.9. The van der Waals surface area contributed by atoms with E-state index in [-0.39, 0.29) is 12.4 Å². The molecule has 3 heterocycles. The molecule has 33 heavy (non-hydrogen) atoms.